The van der Waals surface area contributed by atoms with E-state index in [9.17, 15) is 0 Å². The Morgan fingerprint density at radius 2 is 2.24 bits per heavy atom. The standard InChI is InChI=1S/C14H22BrNS/c1-14(2)8-5-4-6-10(14)12(16-3)13-11(15)7-9-17-13/h7,9-10,12,16H,4-6,8H2,1-3H3. The highest BCUT2D eigenvalue weighted by molar-refractivity contribution is 9.10. The van der Waals surface area contributed by atoms with E-state index in [1.54, 1.807) is 0 Å². The first-order chi connectivity index (χ1) is 8.06. The van der Waals surface area contributed by atoms with Crippen LogP contribution in [0, 0.1) is 11.3 Å². The summed E-state index contributed by atoms with van der Waals surface area (Å²) in [4.78, 5) is 1.47. The molecular formula is C14H22BrNS. The minimum atomic E-state index is 0.454. The Kier molecular flexibility index (Phi) is 4.32. The van der Waals surface area contributed by atoms with Gasteiger partial charge in [0.25, 0.3) is 0 Å². The normalized spacial score (nSPS) is 25.8. The molecule has 1 aromatic rings. The zero-order valence-corrected chi connectivity index (χ0v) is 13.3. The van der Waals surface area contributed by atoms with Crippen molar-refractivity contribution in [1.29, 1.82) is 0 Å². The molecule has 2 atom stereocenters. The van der Waals surface area contributed by atoms with Crippen LogP contribution < -0.4 is 5.32 Å². The molecule has 1 nitrogen and oxygen atoms in total. The summed E-state index contributed by atoms with van der Waals surface area (Å²) >= 11 is 5.55. The van der Waals surface area contributed by atoms with Gasteiger partial charge in [-0.05, 0) is 58.6 Å². The van der Waals surface area contributed by atoms with Crippen molar-refractivity contribution in [3.63, 3.8) is 0 Å². The number of nitrogens with one attached hydrogen (secondary N) is 1. The van der Waals surface area contributed by atoms with Crippen molar-refractivity contribution < 1.29 is 0 Å². The molecule has 0 radical (unpaired) electrons. The lowest BCUT2D eigenvalue weighted by molar-refractivity contribution is 0.102. The predicted molar refractivity (Wildman–Crippen MR) is 79.6 cm³/mol. The van der Waals surface area contributed by atoms with Crippen LogP contribution in [0.25, 0.3) is 0 Å². The molecule has 0 spiro atoms. The SMILES string of the molecule is CNC(c1sccc1Br)C1CCCCC1(C)C. The third-order valence-corrected chi connectivity index (χ3v) is 6.18. The molecule has 1 aliphatic carbocycles. The number of halogens is 1. The maximum Gasteiger partial charge on any atom is 0.0457 e. The van der Waals surface area contributed by atoms with Gasteiger partial charge in [-0.1, -0.05) is 26.7 Å². The van der Waals surface area contributed by atoms with E-state index in [1.807, 2.05) is 11.3 Å². The minimum Gasteiger partial charge on any atom is -0.312 e. The molecule has 3 heteroatoms. The third-order valence-electron chi connectivity index (χ3n) is 4.23. The first kappa shape index (κ1) is 13.6. The monoisotopic (exact) mass is 315 g/mol. The molecule has 1 fully saturated rings. The average molecular weight is 316 g/mol. The van der Waals surface area contributed by atoms with Gasteiger partial charge in [0.05, 0.1) is 0 Å². The van der Waals surface area contributed by atoms with Gasteiger partial charge in [0.1, 0.15) is 0 Å². The van der Waals surface area contributed by atoms with Crippen LogP contribution in [0.4, 0.5) is 0 Å². The molecule has 0 aromatic carbocycles. The lowest BCUT2D eigenvalue weighted by Crippen LogP contribution is -2.37. The van der Waals surface area contributed by atoms with Gasteiger partial charge in [0.15, 0.2) is 0 Å². The summed E-state index contributed by atoms with van der Waals surface area (Å²) in [7, 11) is 2.10. The Hall–Kier alpha value is 0.140. The molecule has 1 heterocycles. The van der Waals surface area contributed by atoms with Crippen LogP contribution in [-0.2, 0) is 0 Å². The van der Waals surface area contributed by atoms with Crippen LogP contribution in [0.2, 0.25) is 0 Å². The molecule has 0 bridgehead atoms. The van der Waals surface area contributed by atoms with Crippen LogP contribution in [0.3, 0.4) is 0 Å². The van der Waals surface area contributed by atoms with E-state index in [-0.39, 0.29) is 0 Å². The van der Waals surface area contributed by atoms with Gasteiger partial charge in [-0.2, -0.15) is 0 Å². The highest BCUT2D eigenvalue weighted by atomic mass is 79.9. The lowest BCUT2D eigenvalue weighted by atomic mass is 9.65. The Morgan fingerprint density at radius 3 is 2.76 bits per heavy atom. The van der Waals surface area contributed by atoms with Crippen molar-refractivity contribution in [3.8, 4) is 0 Å². The highest BCUT2D eigenvalue weighted by Gasteiger charge is 2.38. The van der Waals surface area contributed by atoms with Crippen molar-refractivity contribution in [2.45, 2.75) is 45.6 Å². The Bertz CT molecular complexity index is 372. The van der Waals surface area contributed by atoms with Crippen LogP contribution in [0.5, 0.6) is 0 Å². The van der Waals surface area contributed by atoms with Crippen LogP contribution >= 0.6 is 27.3 Å². The fraction of sp³-hybridized carbons (Fsp3) is 0.714. The predicted octanol–water partition coefficient (Wildman–Crippen LogP) is 4.99. The van der Waals surface area contributed by atoms with Crippen molar-refractivity contribution >= 4 is 27.3 Å². The summed E-state index contributed by atoms with van der Waals surface area (Å²) in [5, 5.41) is 5.73. The molecule has 2 rings (SSSR count). The van der Waals surface area contributed by atoms with Crippen LogP contribution in [0.15, 0.2) is 15.9 Å². The van der Waals surface area contributed by atoms with Crippen molar-refractivity contribution in [1.82, 2.24) is 5.32 Å². The molecule has 0 aliphatic heterocycles. The summed E-state index contributed by atoms with van der Waals surface area (Å²) in [6, 6.07) is 2.67. The Labute approximate surface area is 117 Å². The summed E-state index contributed by atoms with van der Waals surface area (Å²) in [6.45, 7) is 4.87. The second-order valence-corrected chi connectivity index (χ2v) is 7.54. The highest BCUT2D eigenvalue weighted by Crippen LogP contribution is 2.48. The smallest absolute Gasteiger partial charge is 0.0457 e. The number of thiophene rings is 1. The quantitative estimate of drug-likeness (QED) is 0.828. The van der Waals surface area contributed by atoms with Crippen molar-refractivity contribution in [2.75, 3.05) is 7.05 Å². The Morgan fingerprint density at radius 1 is 1.47 bits per heavy atom. The molecule has 17 heavy (non-hydrogen) atoms. The van der Waals surface area contributed by atoms with Crippen molar-refractivity contribution in [2.24, 2.45) is 11.3 Å². The first-order valence-electron chi connectivity index (χ1n) is 6.46. The van der Waals surface area contributed by atoms with Crippen molar-refractivity contribution in [3.05, 3.63) is 20.8 Å². The molecular weight excluding hydrogens is 294 g/mol. The number of rotatable bonds is 3. The molecule has 0 amide bonds. The Balaban J connectivity index is 2.26. The molecule has 1 N–H and O–H groups in total. The van der Waals surface area contributed by atoms with Gasteiger partial charge < -0.3 is 5.32 Å². The van der Waals surface area contributed by atoms with Crippen LogP contribution in [0.1, 0.15) is 50.4 Å². The fourth-order valence-electron chi connectivity index (χ4n) is 3.18. The van der Waals surface area contributed by atoms with Gasteiger partial charge in [0.2, 0.25) is 0 Å². The zero-order valence-electron chi connectivity index (χ0n) is 10.9. The third kappa shape index (κ3) is 2.77. The van der Waals surface area contributed by atoms with Gasteiger partial charge >= 0.3 is 0 Å². The summed E-state index contributed by atoms with van der Waals surface area (Å²) in [6.07, 6.45) is 5.49. The van der Waals surface area contributed by atoms with E-state index in [2.05, 4.69) is 53.6 Å². The molecule has 1 saturated carbocycles. The summed E-state index contributed by atoms with van der Waals surface area (Å²) in [5.41, 5.74) is 0.454. The molecule has 2 unspecified atom stereocenters. The summed E-state index contributed by atoms with van der Waals surface area (Å²) in [5.74, 6) is 0.746. The van der Waals surface area contributed by atoms with E-state index >= 15 is 0 Å². The second-order valence-electron chi connectivity index (χ2n) is 5.74. The summed E-state index contributed by atoms with van der Waals surface area (Å²) < 4.78 is 1.27. The second kappa shape index (κ2) is 5.41. The van der Waals surface area contributed by atoms with Gasteiger partial charge in [0, 0.05) is 15.4 Å². The molecule has 1 aliphatic rings. The van der Waals surface area contributed by atoms with Gasteiger partial charge in [-0.3, -0.25) is 0 Å². The maximum atomic E-state index is 3.68. The largest absolute Gasteiger partial charge is 0.312 e. The van der Waals surface area contributed by atoms with E-state index in [4.69, 9.17) is 0 Å². The zero-order chi connectivity index (χ0) is 12.5. The van der Waals surface area contributed by atoms with E-state index in [1.165, 1.54) is 35.0 Å². The molecule has 1 aromatic heterocycles. The number of hydrogen-bond donors (Lipinski definition) is 1. The fourth-order valence-corrected chi connectivity index (χ4v) is 4.98. The average Bonchev–Trinajstić information content (AvgIpc) is 2.68. The molecule has 0 saturated heterocycles. The van der Waals surface area contributed by atoms with Gasteiger partial charge in [-0.15, -0.1) is 11.3 Å². The van der Waals surface area contributed by atoms with E-state index < -0.39 is 0 Å². The lowest BCUT2D eigenvalue weighted by Gasteiger charge is -2.43. The van der Waals surface area contributed by atoms with Crippen LogP contribution in [-0.4, -0.2) is 7.05 Å². The topological polar surface area (TPSA) is 12.0 Å². The van der Waals surface area contributed by atoms with E-state index in [0.717, 1.165) is 5.92 Å². The van der Waals surface area contributed by atoms with E-state index in [0.29, 0.717) is 11.5 Å². The van der Waals surface area contributed by atoms with Gasteiger partial charge in [-0.25, -0.2) is 0 Å². The minimum absolute atomic E-state index is 0.454. The number of hydrogen-bond acceptors (Lipinski definition) is 2. The maximum absolute atomic E-state index is 3.68. The molecule has 96 valence electrons. The first-order valence-corrected chi connectivity index (χ1v) is 8.13.